The summed E-state index contributed by atoms with van der Waals surface area (Å²) >= 11 is 4.60. The summed E-state index contributed by atoms with van der Waals surface area (Å²) in [7, 11) is 0. The molecule has 1 fully saturated rings. The van der Waals surface area contributed by atoms with Crippen LogP contribution in [0.4, 0.5) is 0 Å². The van der Waals surface area contributed by atoms with E-state index in [4.69, 9.17) is 0 Å². The summed E-state index contributed by atoms with van der Waals surface area (Å²) in [5.74, 6) is 1.03. The zero-order chi connectivity index (χ0) is 12.8. The normalized spacial score (nSPS) is 18.4. The average Bonchev–Trinajstić information content (AvgIpc) is 2.88. The van der Waals surface area contributed by atoms with E-state index >= 15 is 0 Å². The van der Waals surface area contributed by atoms with Crippen LogP contribution in [0.25, 0.3) is 0 Å². The van der Waals surface area contributed by atoms with Crippen molar-refractivity contribution in [3.05, 3.63) is 30.1 Å². The minimum Gasteiger partial charge on any atom is -0.299 e. The summed E-state index contributed by atoms with van der Waals surface area (Å²) in [6, 6.07) is 4.23. The molecule has 0 aromatic carbocycles. The van der Waals surface area contributed by atoms with Gasteiger partial charge in [-0.25, -0.2) is 0 Å². The monoisotopic (exact) mass is 264 g/mol. The van der Waals surface area contributed by atoms with Gasteiger partial charge in [-0.3, -0.25) is 9.88 Å². The first-order chi connectivity index (χ1) is 8.78. The van der Waals surface area contributed by atoms with Crippen molar-refractivity contribution in [3.8, 4) is 0 Å². The van der Waals surface area contributed by atoms with Gasteiger partial charge in [0.2, 0.25) is 0 Å². The molecule has 0 saturated heterocycles. The second-order valence-corrected chi connectivity index (χ2v) is 5.84. The molecule has 0 aliphatic heterocycles. The fourth-order valence-corrected chi connectivity index (χ4v) is 3.41. The molecule has 0 atom stereocenters. The Bertz CT molecular complexity index is 347. The number of aromatic nitrogens is 1. The van der Waals surface area contributed by atoms with Crippen LogP contribution in [0.15, 0.2) is 24.5 Å². The van der Waals surface area contributed by atoms with Gasteiger partial charge < -0.3 is 0 Å². The van der Waals surface area contributed by atoms with E-state index in [1.54, 1.807) is 0 Å². The van der Waals surface area contributed by atoms with Gasteiger partial charge >= 0.3 is 0 Å². The lowest BCUT2D eigenvalue weighted by atomic mass is 9.87. The van der Waals surface area contributed by atoms with Crippen molar-refractivity contribution in [2.75, 3.05) is 18.8 Å². The van der Waals surface area contributed by atoms with Crippen molar-refractivity contribution in [2.24, 2.45) is 5.41 Å². The largest absolute Gasteiger partial charge is 0.299 e. The van der Waals surface area contributed by atoms with E-state index in [0.29, 0.717) is 5.41 Å². The van der Waals surface area contributed by atoms with Gasteiger partial charge in [-0.1, -0.05) is 19.8 Å². The van der Waals surface area contributed by atoms with E-state index < -0.39 is 0 Å². The Hall–Kier alpha value is -0.540. The molecular weight excluding hydrogens is 240 g/mol. The van der Waals surface area contributed by atoms with Gasteiger partial charge in [-0.05, 0) is 48.3 Å². The molecule has 1 aliphatic rings. The van der Waals surface area contributed by atoms with Crippen molar-refractivity contribution < 1.29 is 0 Å². The molecule has 1 heterocycles. The number of thiol groups is 1. The van der Waals surface area contributed by atoms with Crippen molar-refractivity contribution in [1.82, 2.24) is 9.88 Å². The Kier molecular flexibility index (Phi) is 5.07. The van der Waals surface area contributed by atoms with Crippen LogP contribution in [0, 0.1) is 5.41 Å². The third-order valence-corrected chi connectivity index (χ3v) is 4.83. The van der Waals surface area contributed by atoms with E-state index in [-0.39, 0.29) is 0 Å². The minimum atomic E-state index is 0.464. The lowest BCUT2D eigenvalue weighted by Crippen LogP contribution is -2.37. The molecule has 0 radical (unpaired) electrons. The molecule has 2 rings (SSSR count). The van der Waals surface area contributed by atoms with Crippen LogP contribution in [-0.4, -0.2) is 28.7 Å². The lowest BCUT2D eigenvalue weighted by Gasteiger charge is -2.34. The van der Waals surface area contributed by atoms with Gasteiger partial charge in [0.05, 0.1) is 0 Å². The number of hydrogen-bond acceptors (Lipinski definition) is 3. The maximum Gasteiger partial charge on any atom is 0.0271 e. The summed E-state index contributed by atoms with van der Waals surface area (Å²) in [6.07, 6.45) is 9.23. The zero-order valence-corrected chi connectivity index (χ0v) is 12.2. The molecule has 2 nitrogen and oxygen atoms in total. The van der Waals surface area contributed by atoms with Crippen molar-refractivity contribution in [3.63, 3.8) is 0 Å². The smallest absolute Gasteiger partial charge is 0.0271 e. The Morgan fingerprint density at radius 2 is 1.94 bits per heavy atom. The average molecular weight is 264 g/mol. The number of hydrogen-bond donors (Lipinski definition) is 1. The third kappa shape index (κ3) is 3.48. The van der Waals surface area contributed by atoms with Crippen LogP contribution in [-0.2, 0) is 6.54 Å². The first-order valence-corrected chi connectivity index (χ1v) is 7.63. The first kappa shape index (κ1) is 13.9. The van der Waals surface area contributed by atoms with Crippen molar-refractivity contribution in [2.45, 2.75) is 39.2 Å². The highest BCUT2D eigenvalue weighted by Crippen LogP contribution is 2.39. The number of nitrogens with zero attached hydrogens (tertiary/aromatic N) is 2. The first-order valence-electron chi connectivity index (χ1n) is 7.00. The molecule has 1 aliphatic carbocycles. The van der Waals surface area contributed by atoms with Crippen LogP contribution < -0.4 is 0 Å². The molecule has 100 valence electrons. The summed E-state index contributed by atoms with van der Waals surface area (Å²) in [6.45, 7) is 5.59. The molecule has 1 aromatic rings. The third-order valence-electron chi connectivity index (χ3n) is 4.16. The molecule has 1 aromatic heterocycles. The van der Waals surface area contributed by atoms with Gasteiger partial charge in [0.15, 0.2) is 0 Å². The molecule has 0 spiro atoms. The predicted molar refractivity (Wildman–Crippen MR) is 79.9 cm³/mol. The van der Waals surface area contributed by atoms with E-state index in [1.165, 1.54) is 37.8 Å². The lowest BCUT2D eigenvalue weighted by molar-refractivity contribution is 0.171. The Morgan fingerprint density at radius 3 is 2.50 bits per heavy atom. The zero-order valence-electron chi connectivity index (χ0n) is 11.3. The van der Waals surface area contributed by atoms with Gasteiger partial charge in [0.25, 0.3) is 0 Å². The molecule has 18 heavy (non-hydrogen) atoms. The SMILES string of the molecule is CCN(Cc1ccncc1)CC1(CS)CCCC1. The van der Waals surface area contributed by atoms with Crippen molar-refractivity contribution in [1.29, 1.82) is 0 Å². The summed E-state index contributed by atoms with van der Waals surface area (Å²) < 4.78 is 0. The highest BCUT2D eigenvalue weighted by atomic mass is 32.1. The van der Waals surface area contributed by atoms with Crippen LogP contribution in [0.5, 0.6) is 0 Å². The molecule has 3 heteroatoms. The fourth-order valence-electron chi connectivity index (χ4n) is 2.99. The number of pyridine rings is 1. The minimum absolute atomic E-state index is 0.464. The van der Waals surface area contributed by atoms with Crippen LogP contribution in [0.1, 0.15) is 38.2 Å². The topological polar surface area (TPSA) is 16.1 Å². The van der Waals surface area contributed by atoms with E-state index in [9.17, 15) is 0 Å². The molecular formula is C15H24N2S. The summed E-state index contributed by atoms with van der Waals surface area (Å²) in [4.78, 5) is 6.63. The number of rotatable bonds is 6. The summed E-state index contributed by atoms with van der Waals surface area (Å²) in [5, 5.41) is 0. The Balaban J connectivity index is 1.96. The molecule has 0 bridgehead atoms. The van der Waals surface area contributed by atoms with Crippen LogP contribution >= 0.6 is 12.6 Å². The van der Waals surface area contributed by atoms with Gasteiger partial charge in [0.1, 0.15) is 0 Å². The highest BCUT2D eigenvalue weighted by Gasteiger charge is 2.33. The fraction of sp³-hybridized carbons (Fsp3) is 0.667. The van der Waals surface area contributed by atoms with Crippen molar-refractivity contribution >= 4 is 12.6 Å². The van der Waals surface area contributed by atoms with Gasteiger partial charge in [0, 0.05) is 25.5 Å². The maximum absolute atomic E-state index is 4.60. The van der Waals surface area contributed by atoms with Gasteiger partial charge in [-0.2, -0.15) is 12.6 Å². The standard InChI is InChI=1S/C15H24N2S/c1-2-17(11-14-5-9-16-10-6-14)12-15(13-18)7-3-4-8-15/h5-6,9-10,18H,2-4,7-8,11-13H2,1H3. The van der Waals surface area contributed by atoms with E-state index in [1.807, 2.05) is 12.4 Å². The quantitative estimate of drug-likeness (QED) is 0.793. The molecule has 1 saturated carbocycles. The Labute approximate surface area is 116 Å². The molecule has 0 amide bonds. The molecule has 0 unspecified atom stereocenters. The maximum atomic E-state index is 4.60. The second-order valence-electron chi connectivity index (χ2n) is 5.52. The van der Waals surface area contributed by atoms with Crippen LogP contribution in [0.3, 0.4) is 0 Å². The van der Waals surface area contributed by atoms with E-state index in [2.05, 4.69) is 41.6 Å². The Morgan fingerprint density at radius 1 is 1.28 bits per heavy atom. The summed E-state index contributed by atoms with van der Waals surface area (Å²) in [5.41, 5.74) is 1.82. The molecule has 0 N–H and O–H groups in total. The van der Waals surface area contributed by atoms with Crippen LogP contribution in [0.2, 0.25) is 0 Å². The van der Waals surface area contributed by atoms with Gasteiger partial charge in [-0.15, -0.1) is 0 Å². The second kappa shape index (κ2) is 6.58. The highest BCUT2D eigenvalue weighted by molar-refractivity contribution is 7.80. The van der Waals surface area contributed by atoms with E-state index in [0.717, 1.165) is 18.8 Å². The predicted octanol–water partition coefficient (Wildman–Crippen LogP) is 3.39.